The minimum Gasteiger partial charge on any atom is -0.339 e. The number of piperidine rings is 1. The molecular weight excluding hydrogens is 374 g/mol. The monoisotopic (exact) mass is 397 g/mol. The second kappa shape index (κ2) is 7.85. The summed E-state index contributed by atoms with van der Waals surface area (Å²) in [5.74, 6) is 1.30. The minimum absolute atomic E-state index is 0.164. The van der Waals surface area contributed by atoms with Gasteiger partial charge in [-0.15, -0.1) is 0 Å². The molecule has 0 radical (unpaired) electrons. The lowest BCUT2D eigenvalue weighted by Crippen LogP contribution is -2.40. The molecule has 0 spiro atoms. The van der Waals surface area contributed by atoms with E-state index in [2.05, 4.69) is 10.1 Å². The second-order valence-corrected chi connectivity index (χ2v) is 9.15. The van der Waals surface area contributed by atoms with Crippen LogP contribution in [0, 0.1) is 12.8 Å². The van der Waals surface area contributed by atoms with E-state index in [9.17, 15) is 8.42 Å². The molecule has 28 heavy (non-hydrogen) atoms. The van der Waals surface area contributed by atoms with Gasteiger partial charge in [-0.25, -0.2) is 8.42 Å². The summed E-state index contributed by atoms with van der Waals surface area (Å²) in [4.78, 5) is 4.88. The average molecular weight is 398 g/mol. The number of nitrogens with zero attached hydrogens (tertiary/aromatic N) is 3. The van der Waals surface area contributed by atoms with Crippen LogP contribution in [0.25, 0.3) is 11.4 Å². The molecule has 3 aromatic rings. The van der Waals surface area contributed by atoms with Crippen LogP contribution in [0.2, 0.25) is 0 Å². The highest BCUT2D eigenvalue weighted by molar-refractivity contribution is 7.89. The predicted molar refractivity (Wildman–Crippen MR) is 106 cm³/mol. The zero-order valence-corrected chi connectivity index (χ0v) is 16.6. The first-order chi connectivity index (χ1) is 13.5. The van der Waals surface area contributed by atoms with Crippen molar-refractivity contribution in [3.63, 3.8) is 0 Å². The maximum Gasteiger partial charge on any atom is 0.243 e. The Balaban J connectivity index is 1.47. The minimum atomic E-state index is -3.46. The molecule has 0 N–H and O–H groups in total. The Kier molecular flexibility index (Phi) is 5.28. The molecule has 1 aliphatic heterocycles. The first kappa shape index (κ1) is 18.8. The fraction of sp³-hybridized carbons (Fsp3) is 0.333. The van der Waals surface area contributed by atoms with Crippen molar-refractivity contribution in [3.8, 4) is 11.4 Å². The molecule has 1 saturated heterocycles. The van der Waals surface area contributed by atoms with Crippen LogP contribution >= 0.6 is 0 Å². The summed E-state index contributed by atoms with van der Waals surface area (Å²) in [5, 5.41) is 4.11. The molecule has 2 aromatic carbocycles. The number of hydrogen-bond acceptors (Lipinski definition) is 5. The fourth-order valence-electron chi connectivity index (χ4n) is 3.67. The number of sulfonamides is 1. The normalized spacial score (nSPS) is 18.2. The zero-order chi connectivity index (χ0) is 19.6. The maximum absolute atomic E-state index is 12.9. The Morgan fingerprint density at radius 3 is 2.64 bits per heavy atom. The molecule has 6 nitrogen and oxygen atoms in total. The number of hydrogen-bond donors (Lipinski definition) is 0. The van der Waals surface area contributed by atoms with Crippen LogP contribution in [0.1, 0.15) is 24.3 Å². The average Bonchev–Trinajstić information content (AvgIpc) is 3.17. The van der Waals surface area contributed by atoms with Crippen molar-refractivity contribution in [2.75, 3.05) is 13.1 Å². The quantitative estimate of drug-likeness (QED) is 0.656. The van der Waals surface area contributed by atoms with Crippen molar-refractivity contribution in [1.82, 2.24) is 14.4 Å². The molecule has 0 aliphatic carbocycles. The molecule has 1 aliphatic rings. The Labute approximate surface area is 165 Å². The first-order valence-electron chi connectivity index (χ1n) is 9.48. The first-order valence-corrected chi connectivity index (χ1v) is 10.9. The summed E-state index contributed by atoms with van der Waals surface area (Å²) in [6.45, 7) is 3.03. The molecule has 1 atom stereocenters. The Bertz CT molecular complexity index is 1050. The maximum atomic E-state index is 12.9. The molecule has 0 bridgehead atoms. The Morgan fingerprint density at radius 2 is 1.86 bits per heavy atom. The van der Waals surface area contributed by atoms with Gasteiger partial charge in [0.15, 0.2) is 0 Å². The van der Waals surface area contributed by atoms with E-state index in [1.165, 1.54) is 0 Å². The summed E-state index contributed by atoms with van der Waals surface area (Å²) >= 11 is 0. The van der Waals surface area contributed by atoms with Crippen molar-refractivity contribution in [2.24, 2.45) is 5.92 Å². The van der Waals surface area contributed by atoms with E-state index in [-0.39, 0.29) is 5.92 Å². The molecule has 1 fully saturated rings. The van der Waals surface area contributed by atoms with E-state index < -0.39 is 10.0 Å². The number of aromatic nitrogens is 2. The summed E-state index contributed by atoms with van der Waals surface area (Å²) < 4.78 is 32.8. The molecule has 0 amide bonds. The van der Waals surface area contributed by atoms with Crippen LogP contribution in [0.4, 0.5) is 0 Å². The molecule has 1 unspecified atom stereocenters. The van der Waals surface area contributed by atoms with E-state index in [0.29, 0.717) is 36.1 Å². The molecular formula is C21H23N3O3S. The summed E-state index contributed by atoms with van der Waals surface area (Å²) in [6.07, 6.45) is 2.36. The van der Waals surface area contributed by atoms with E-state index in [4.69, 9.17) is 4.52 Å². The van der Waals surface area contributed by atoms with Crippen LogP contribution in [0.15, 0.2) is 64.0 Å². The highest BCUT2D eigenvalue weighted by Crippen LogP contribution is 2.27. The third-order valence-electron chi connectivity index (χ3n) is 5.18. The summed E-state index contributed by atoms with van der Waals surface area (Å²) in [5.41, 5.74) is 2.04. The number of rotatable bonds is 5. The number of benzene rings is 2. The van der Waals surface area contributed by atoms with Gasteiger partial charge in [0, 0.05) is 25.1 Å². The topological polar surface area (TPSA) is 76.3 Å². The molecule has 2 heterocycles. The van der Waals surface area contributed by atoms with Gasteiger partial charge >= 0.3 is 0 Å². The fourth-order valence-corrected chi connectivity index (χ4v) is 5.25. The molecule has 1 aromatic heterocycles. The molecule has 146 valence electrons. The third kappa shape index (κ3) is 3.86. The lowest BCUT2D eigenvalue weighted by Gasteiger charge is -2.31. The van der Waals surface area contributed by atoms with Gasteiger partial charge in [-0.2, -0.15) is 9.29 Å². The summed E-state index contributed by atoms with van der Waals surface area (Å²) in [6, 6.07) is 16.5. The van der Waals surface area contributed by atoms with Crippen LogP contribution in [-0.2, 0) is 16.4 Å². The van der Waals surface area contributed by atoms with Crippen LogP contribution in [0.3, 0.4) is 0 Å². The Hall–Kier alpha value is -2.51. The number of aryl methyl sites for hydroxylation is 1. The van der Waals surface area contributed by atoms with Gasteiger partial charge in [0.1, 0.15) is 0 Å². The van der Waals surface area contributed by atoms with E-state index in [0.717, 1.165) is 24.0 Å². The summed E-state index contributed by atoms with van der Waals surface area (Å²) in [7, 11) is -3.46. The lowest BCUT2D eigenvalue weighted by atomic mass is 9.96. The SMILES string of the molecule is Cc1ccccc1-c1noc(CC2CCCN(S(=O)(=O)c3ccccc3)C2)n1. The molecule has 4 rings (SSSR count). The van der Waals surface area contributed by atoms with Crippen molar-refractivity contribution >= 4 is 10.0 Å². The Morgan fingerprint density at radius 1 is 1.11 bits per heavy atom. The van der Waals surface area contributed by atoms with E-state index in [1.807, 2.05) is 37.3 Å². The van der Waals surface area contributed by atoms with Crippen molar-refractivity contribution in [3.05, 3.63) is 66.1 Å². The van der Waals surface area contributed by atoms with Gasteiger partial charge in [0.05, 0.1) is 4.90 Å². The van der Waals surface area contributed by atoms with Gasteiger partial charge in [0.2, 0.25) is 21.7 Å². The third-order valence-corrected chi connectivity index (χ3v) is 7.06. The smallest absolute Gasteiger partial charge is 0.243 e. The zero-order valence-electron chi connectivity index (χ0n) is 15.8. The predicted octanol–water partition coefficient (Wildman–Crippen LogP) is 3.69. The second-order valence-electron chi connectivity index (χ2n) is 7.22. The van der Waals surface area contributed by atoms with Gasteiger partial charge in [-0.1, -0.05) is 47.6 Å². The van der Waals surface area contributed by atoms with E-state index in [1.54, 1.807) is 28.6 Å². The molecule has 7 heteroatoms. The van der Waals surface area contributed by atoms with E-state index >= 15 is 0 Å². The van der Waals surface area contributed by atoms with Gasteiger partial charge in [-0.3, -0.25) is 0 Å². The van der Waals surface area contributed by atoms with Crippen molar-refractivity contribution in [1.29, 1.82) is 0 Å². The lowest BCUT2D eigenvalue weighted by molar-refractivity contribution is 0.247. The largest absolute Gasteiger partial charge is 0.339 e. The van der Waals surface area contributed by atoms with Crippen molar-refractivity contribution < 1.29 is 12.9 Å². The van der Waals surface area contributed by atoms with Crippen LogP contribution in [0.5, 0.6) is 0 Å². The van der Waals surface area contributed by atoms with Gasteiger partial charge in [-0.05, 0) is 43.4 Å². The van der Waals surface area contributed by atoms with Crippen LogP contribution in [-0.4, -0.2) is 36.0 Å². The molecule has 0 saturated carbocycles. The van der Waals surface area contributed by atoms with Crippen molar-refractivity contribution in [2.45, 2.75) is 31.1 Å². The highest BCUT2D eigenvalue weighted by Gasteiger charge is 2.31. The van der Waals surface area contributed by atoms with Gasteiger partial charge < -0.3 is 4.52 Å². The van der Waals surface area contributed by atoms with Crippen LogP contribution < -0.4 is 0 Å². The standard InChI is InChI=1S/C21H23N3O3S/c1-16-8-5-6-12-19(16)21-22-20(27-23-21)14-17-9-7-13-24(15-17)28(25,26)18-10-3-2-4-11-18/h2-6,8,10-12,17H,7,9,13-15H2,1H3. The van der Waals surface area contributed by atoms with Gasteiger partial charge in [0.25, 0.3) is 0 Å². The highest BCUT2D eigenvalue weighted by atomic mass is 32.2.